The average molecular weight is 526 g/mol. The van der Waals surface area contributed by atoms with Gasteiger partial charge in [-0.25, -0.2) is 4.68 Å². The van der Waals surface area contributed by atoms with Gasteiger partial charge in [0.1, 0.15) is 0 Å². The molecule has 4 aromatic rings. The summed E-state index contributed by atoms with van der Waals surface area (Å²) in [6.07, 6.45) is 1.94. The molecule has 1 heterocycles. The van der Waals surface area contributed by atoms with E-state index in [1.807, 2.05) is 48.1 Å². The van der Waals surface area contributed by atoms with Crippen LogP contribution < -0.4 is 10.1 Å². The number of hydrogen-bond acceptors (Lipinski definition) is 4. The number of amides is 1. The smallest absolute Gasteiger partial charge is 0.251 e. The van der Waals surface area contributed by atoms with Crippen molar-refractivity contribution in [3.05, 3.63) is 94.1 Å². The van der Waals surface area contributed by atoms with Crippen LogP contribution in [0.1, 0.15) is 29.8 Å². The summed E-state index contributed by atoms with van der Waals surface area (Å²) < 4.78 is 7.29. The molecule has 4 rings (SSSR count). The molecule has 0 saturated heterocycles. The van der Waals surface area contributed by atoms with Crippen molar-refractivity contribution in [3.8, 4) is 22.7 Å². The molecule has 1 aromatic heterocycles. The molecule has 1 amide bonds. The van der Waals surface area contributed by atoms with Crippen LogP contribution in [0.2, 0.25) is 10.0 Å². The van der Waals surface area contributed by atoms with E-state index in [0.29, 0.717) is 28.0 Å². The van der Waals surface area contributed by atoms with Crippen LogP contribution in [0.4, 0.5) is 0 Å². The number of carbonyl (C=O) groups is 1. The second-order valence-electron chi connectivity index (χ2n) is 7.63. The van der Waals surface area contributed by atoms with Gasteiger partial charge >= 0.3 is 0 Å². The van der Waals surface area contributed by atoms with Crippen LogP contribution >= 0.6 is 35.0 Å². The molecular weight excluding hydrogens is 501 g/mol. The molecule has 0 fully saturated rings. The number of rotatable bonds is 9. The van der Waals surface area contributed by atoms with Crippen LogP contribution in [0.15, 0.2) is 77.8 Å². The number of nitrogens with one attached hydrogen (secondary N) is 1. The number of para-hydroxylation sites is 1. The fourth-order valence-electron chi connectivity index (χ4n) is 3.62. The fraction of sp³-hybridized carbons (Fsp3) is 0.185. The minimum absolute atomic E-state index is 0.287. The predicted molar refractivity (Wildman–Crippen MR) is 144 cm³/mol. The van der Waals surface area contributed by atoms with Crippen molar-refractivity contribution < 1.29 is 9.53 Å². The van der Waals surface area contributed by atoms with E-state index in [1.54, 1.807) is 23.9 Å². The Morgan fingerprint density at radius 2 is 1.71 bits per heavy atom. The number of aromatic nitrogens is 2. The van der Waals surface area contributed by atoms with Gasteiger partial charge in [0.15, 0.2) is 5.75 Å². The highest BCUT2D eigenvalue weighted by molar-refractivity contribution is 7.99. The maximum atomic E-state index is 12.9. The van der Waals surface area contributed by atoms with E-state index in [0.717, 1.165) is 28.3 Å². The summed E-state index contributed by atoms with van der Waals surface area (Å²) in [4.78, 5) is 14.1. The van der Waals surface area contributed by atoms with Gasteiger partial charge < -0.3 is 10.1 Å². The highest BCUT2D eigenvalue weighted by Gasteiger charge is 2.17. The van der Waals surface area contributed by atoms with Gasteiger partial charge in [-0.3, -0.25) is 4.79 Å². The molecule has 0 atom stereocenters. The molecule has 0 aliphatic rings. The van der Waals surface area contributed by atoms with Crippen LogP contribution in [0, 0.1) is 0 Å². The zero-order chi connectivity index (χ0) is 24.8. The minimum Gasteiger partial charge on any atom is -0.491 e. The molecule has 8 heteroatoms. The molecule has 35 heavy (non-hydrogen) atoms. The first-order valence-corrected chi connectivity index (χ1v) is 13.0. The number of benzene rings is 3. The van der Waals surface area contributed by atoms with Crippen LogP contribution in [0.25, 0.3) is 16.9 Å². The summed E-state index contributed by atoms with van der Waals surface area (Å²) >= 11 is 14.4. The highest BCUT2D eigenvalue weighted by Crippen LogP contribution is 2.34. The average Bonchev–Trinajstić information content (AvgIpc) is 3.30. The van der Waals surface area contributed by atoms with Crippen molar-refractivity contribution in [3.63, 3.8) is 0 Å². The molecule has 0 aliphatic carbocycles. The van der Waals surface area contributed by atoms with Crippen LogP contribution in [0.3, 0.4) is 0 Å². The molecule has 0 spiro atoms. The van der Waals surface area contributed by atoms with Gasteiger partial charge in [-0.2, -0.15) is 5.10 Å². The molecule has 5 nitrogen and oxygen atoms in total. The summed E-state index contributed by atoms with van der Waals surface area (Å²) in [5.41, 5.74) is 3.98. The van der Waals surface area contributed by atoms with E-state index in [2.05, 4.69) is 36.5 Å². The molecule has 0 radical (unpaired) electrons. The largest absolute Gasteiger partial charge is 0.491 e. The van der Waals surface area contributed by atoms with E-state index in [4.69, 9.17) is 33.0 Å². The van der Waals surface area contributed by atoms with Gasteiger partial charge in [0, 0.05) is 34.3 Å². The molecule has 0 saturated carbocycles. The Bertz CT molecular complexity index is 1290. The fourth-order valence-corrected chi connectivity index (χ4v) is 4.88. The maximum absolute atomic E-state index is 12.9. The Balaban J connectivity index is 1.61. The first kappa shape index (κ1) is 25.2. The monoisotopic (exact) mass is 525 g/mol. The molecule has 0 unspecified atom stereocenters. The lowest BCUT2D eigenvalue weighted by Gasteiger charge is -2.11. The lowest BCUT2D eigenvalue weighted by Crippen LogP contribution is -2.23. The molecule has 0 bridgehead atoms. The normalized spacial score (nSPS) is 10.9. The standard InChI is InChI=1S/C27H25Cl2N3O2S/c1-3-34-26-23(28)14-19(15-24(26)29)27(33)30-16-20-17-32(21-8-6-5-7-9-21)31-25(20)18-10-12-22(13-11-18)35-4-2/h5-15,17H,3-4,16H2,1-2H3,(H,30,33). The zero-order valence-electron chi connectivity index (χ0n) is 19.4. The topological polar surface area (TPSA) is 56.1 Å². The maximum Gasteiger partial charge on any atom is 0.251 e. The Morgan fingerprint density at radius 1 is 1.03 bits per heavy atom. The summed E-state index contributed by atoms with van der Waals surface area (Å²) in [6, 6.07) is 21.3. The summed E-state index contributed by atoms with van der Waals surface area (Å²) in [5.74, 6) is 1.10. The first-order valence-electron chi connectivity index (χ1n) is 11.3. The van der Waals surface area contributed by atoms with E-state index in [1.165, 1.54) is 4.90 Å². The van der Waals surface area contributed by atoms with Crippen molar-refractivity contribution in [2.24, 2.45) is 0 Å². The number of nitrogens with zero attached hydrogens (tertiary/aromatic N) is 2. The lowest BCUT2D eigenvalue weighted by atomic mass is 10.1. The van der Waals surface area contributed by atoms with Gasteiger partial charge in [0.2, 0.25) is 0 Å². The van der Waals surface area contributed by atoms with Crippen LogP contribution in [0.5, 0.6) is 5.75 Å². The quantitative estimate of drug-likeness (QED) is 0.233. The molecular formula is C27H25Cl2N3O2S. The Morgan fingerprint density at radius 3 is 2.34 bits per heavy atom. The second-order valence-corrected chi connectivity index (χ2v) is 9.78. The van der Waals surface area contributed by atoms with Crippen molar-refractivity contribution in [1.29, 1.82) is 0 Å². The molecule has 1 N–H and O–H groups in total. The van der Waals surface area contributed by atoms with Gasteiger partial charge in [-0.1, -0.05) is 60.5 Å². The van der Waals surface area contributed by atoms with Gasteiger partial charge in [0.05, 0.1) is 28.0 Å². The molecule has 180 valence electrons. The second kappa shape index (κ2) is 11.7. The lowest BCUT2D eigenvalue weighted by molar-refractivity contribution is 0.0951. The zero-order valence-corrected chi connectivity index (χ0v) is 21.8. The van der Waals surface area contributed by atoms with E-state index in [-0.39, 0.29) is 12.5 Å². The van der Waals surface area contributed by atoms with Gasteiger partial charge in [0.25, 0.3) is 5.91 Å². The number of halogens is 2. The number of ether oxygens (including phenoxy) is 1. The highest BCUT2D eigenvalue weighted by atomic mass is 35.5. The Labute approximate surface area is 219 Å². The summed E-state index contributed by atoms with van der Waals surface area (Å²) in [6.45, 7) is 4.69. The van der Waals surface area contributed by atoms with Crippen LogP contribution in [-0.2, 0) is 6.54 Å². The summed E-state index contributed by atoms with van der Waals surface area (Å²) in [7, 11) is 0. The van der Waals surface area contributed by atoms with E-state index in [9.17, 15) is 4.79 Å². The Kier molecular flexibility index (Phi) is 8.39. The third-order valence-corrected chi connectivity index (χ3v) is 6.69. The van der Waals surface area contributed by atoms with Crippen molar-refractivity contribution in [1.82, 2.24) is 15.1 Å². The van der Waals surface area contributed by atoms with Gasteiger partial charge in [-0.15, -0.1) is 11.8 Å². The van der Waals surface area contributed by atoms with Crippen molar-refractivity contribution in [2.75, 3.05) is 12.4 Å². The first-order chi connectivity index (χ1) is 17.0. The van der Waals surface area contributed by atoms with Crippen molar-refractivity contribution >= 4 is 40.9 Å². The van der Waals surface area contributed by atoms with Crippen molar-refractivity contribution in [2.45, 2.75) is 25.3 Å². The van der Waals surface area contributed by atoms with Gasteiger partial charge in [-0.05, 0) is 49.1 Å². The number of carbonyl (C=O) groups excluding carboxylic acids is 1. The predicted octanol–water partition coefficient (Wildman–Crippen LogP) is 7.29. The number of hydrogen-bond donors (Lipinski definition) is 1. The number of thioether (sulfide) groups is 1. The van der Waals surface area contributed by atoms with E-state index >= 15 is 0 Å². The van der Waals surface area contributed by atoms with E-state index < -0.39 is 0 Å². The molecule has 3 aromatic carbocycles. The third kappa shape index (κ3) is 6.01. The minimum atomic E-state index is -0.287. The molecule has 0 aliphatic heterocycles. The van der Waals surface area contributed by atoms with Crippen LogP contribution in [-0.4, -0.2) is 28.0 Å². The Hall–Kier alpha value is -2.93. The third-order valence-electron chi connectivity index (χ3n) is 5.24. The summed E-state index contributed by atoms with van der Waals surface area (Å²) in [5, 5.41) is 8.41. The SMILES string of the molecule is CCOc1c(Cl)cc(C(=O)NCc2cn(-c3ccccc3)nc2-c2ccc(SCC)cc2)cc1Cl.